The van der Waals surface area contributed by atoms with Crippen LogP contribution in [0, 0.1) is 6.92 Å². The number of pyridine rings is 1. The van der Waals surface area contributed by atoms with Crippen LogP contribution in [0.5, 0.6) is 0 Å². The van der Waals surface area contributed by atoms with Gasteiger partial charge >= 0.3 is 0 Å². The van der Waals surface area contributed by atoms with Gasteiger partial charge in [-0.05, 0) is 31.9 Å². The Hall–Kier alpha value is -1.09. The van der Waals surface area contributed by atoms with Crippen molar-refractivity contribution >= 4 is 17.5 Å². The predicted octanol–water partition coefficient (Wildman–Crippen LogP) is 3.01. The predicted molar refractivity (Wildman–Crippen MR) is 73.0 cm³/mol. The van der Waals surface area contributed by atoms with Gasteiger partial charge in [-0.25, -0.2) is 0 Å². The summed E-state index contributed by atoms with van der Waals surface area (Å²) in [5, 5.41) is 0. The lowest BCUT2D eigenvalue weighted by molar-refractivity contribution is 0.0694. The average Bonchev–Trinajstić information content (AvgIpc) is 2.89. The highest BCUT2D eigenvalue weighted by Crippen LogP contribution is 2.25. The molecule has 1 aromatic rings. The van der Waals surface area contributed by atoms with Crippen LogP contribution in [0.3, 0.4) is 0 Å². The highest BCUT2D eigenvalue weighted by molar-refractivity contribution is 6.18. The van der Waals surface area contributed by atoms with E-state index in [1.807, 2.05) is 24.0 Å². The standard InChI is InChI=1S/C14H19ClN2O/c1-11-13(7-4-9-16-11)14(18)17(10-8-15)12-5-2-3-6-12/h4,7,9,12H,2-3,5-6,8,10H2,1H3. The molecule has 1 aromatic heterocycles. The first-order valence-electron chi connectivity index (χ1n) is 6.52. The summed E-state index contributed by atoms with van der Waals surface area (Å²) in [6.07, 6.45) is 6.34. The summed E-state index contributed by atoms with van der Waals surface area (Å²) in [5.74, 6) is 0.565. The molecule has 1 aliphatic rings. The van der Waals surface area contributed by atoms with Gasteiger partial charge in [0.1, 0.15) is 0 Å². The minimum absolute atomic E-state index is 0.0770. The number of amides is 1. The smallest absolute Gasteiger partial charge is 0.255 e. The van der Waals surface area contributed by atoms with Gasteiger partial charge in [-0.1, -0.05) is 12.8 Å². The third kappa shape index (κ3) is 2.83. The maximum atomic E-state index is 12.6. The van der Waals surface area contributed by atoms with Crippen molar-refractivity contribution in [3.05, 3.63) is 29.6 Å². The second-order valence-corrected chi connectivity index (χ2v) is 5.14. The van der Waals surface area contributed by atoms with Crippen molar-refractivity contribution in [3.8, 4) is 0 Å². The normalized spacial score (nSPS) is 15.9. The lowest BCUT2D eigenvalue weighted by Gasteiger charge is -2.28. The molecule has 1 fully saturated rings. The molecular weight excluding hydrogens is 248 g/mol. The van der Waals surface area contributed by atoms with Crippen LogP contribution >= 0.6 is 11.6 Å². The van der Waals surface area contributed by atoms with Crippen molar-refractivity contribution in [1.82, 2.24) is 9.88 Å². The number of hydrogen-bond acceptors (Lipinski definition) is 2. The Morgan fingerprint density at radius 2 is 2.22 bits per heavy atom. The van der Waals surface area contributed by atoms with Crippen LogP contribution in [0.1, 0.15) is 41.7 Å². The Kier molecular flexibility index (Phi) is 4.59. The maximum Gasteiger partial charge on any atom is 0.255 e. The minimum Gasteiger partial charge on any atom is -0.334 e. The van der Waals surface area contributed by atoms with Gasteiger partial charge in [0.25, 0.3) is 5.91 Å². The summed E-state index contributed by atoms with van der Waals surface area (Å²) in [4.78, 5) is 18.7. The van der Waals surface area contributed by atoms with Crippen molar-refractivity contribution < 1.29 is 4.79 Å². The quantitative estimate of drug-likeness (QED) is 0.785. The number of aromatic nitrogens is 1. The molecule has 0 N–H and O–H groups in total. The van der Waals surface area contributed by atoms with Gasteiger partial charge in [-0.3, -0.25) is 9.78 Å². The van der Waals surface area contributed by atoms with Crippen molar-refractivity contribution in [2.45, 2.75) is 38.6 Å². The molecule has 3 nitrogen and oxygen atoms in total. The Bertz CT molecular complexity index is 416. The Morgan fingerprint density at radius 1 is 1.50 bits per heavy atom. The molecule has 98 valence electrons. The third-order valence-corrected chi connectivity index (χ3v) is 3.76. The van der Waals surface area contributed by atoms with Gasteiger partial charge in [0, 0.05) is 30.4 Å². The van der Waals surface area contributed by atoms with E-state index in [1.165, 1.54) is 12.8 Å². The lowest BCUT2D eigenvalue weighted by atomic mass is 10.1. The van der Waals surface area contributed by atoms with E-state index < -0.39 is 0 Å². The van der Waals surface area contributed by atoms with Crippen LogP contribution < -0.4 is 0 Å². The first-order valence-corrected chi connectivity index (χ1v) is 7.06. The van der Waals surface area contributed by atoms with E-state index in [2.05, 4.69) is 4.98 Å². The molecule has 0 spiro atoms. The Morgan fingerprint density at radius 3 is 2.83 bits per heavy atom. The average molecular weight is 267 g/mol. The maximum absolute atomic E-state index is 12.6. The van der Waals surface area contributed by atoms with Gasteiger partial charge in [0.15, 0.2) is 0 Å². The molecule has 0 radical (unpaired) electrons. The summed E-state index contributed by atoms with van der Waals surface area (Å²) >= 11 is 5.84. The van der Waals surface area contributed by atoms with E-state index in [1.54, 1.807) is 6.20 Å². The number of aryl methyl sites for hydroxylation is 1. The second kappa shape index (κ2) is 6.19. The SMILES string of the molecule is Cc1ncccc1C(=O)N(CCCl)C1CCCC1. The molecule has 0 aliphatic heterocycles. The number of nitrogens with zero attached hydrogens (tertiary/aromatic N) is 2. The van der Waals surface area contributed by atoms with E-state index in [9.17, 15) is 4.79 Å². The molecule has 0 unspecified atom stereocenters. The van der Waals surface area contributed by atoms with Crippen LogP contribution in [-0.4, -0.2) is 34.3 Å². The summed E-state index contributed by atoms with van der Waals surface area (Å²) in [6, 6.07) is 4.02. The zero-order chi connectivity index (χ0) is 13.0. The van der Waals surface area contributed by atoms with E-state index in [0.29, 0.717) is 24.0 Å². The number of carbonyl (C=O) groups excluding carboxylic acids is 1. The molecule has 0 aromatic carbocycles. The van der Waals surface area contributed by atoms with Gasteiger partial charge < -0.3 is 4.90 Å². The fourth-order valence-electron chi connectivity index (χ4n) is 2.62. The van der Waals surface area contributed by atoms with E-state index in [0.717, 1.165) is 18.5 Å². The topological polar surface area (TPSA) is 33.2 Å². The summed E-state index contributed by atoms with van der Waals surface area (Å²) in [5.41, 5.74) is 1.49. The van der Waals surface area contributed by atoms with Gasteiger partial charge in [-0.2, -0.15) is 0 Å². The van der Waals surface area contributed by atoms with E-state index in [4.69, 9.17) is 11.6 Å². The fourth-order valence-corrected chi connectivity index (χ4v) is 2.80. The zero-order valence-electron chi connectivity index (χ0n) is 10.7. The molecule has 0 saturated heterocycles. The molecule has 4 heteroatoms. The van der Waals surface area contributed by atoms with Crippen LogP contribution in [0.15, 0.2) is 18.3 Å². The monoisotopic (exact) mass is 266 g/mol. The van der Waals surface area contributed by atoms with Crippen molar-refractivity contribution in [2.24, 2.45) is 0 Å². The summed E-state index contributed by atoms with van der Waals surface area (Å²) in [7, 11) is 0. The number of halogens is 1. The summed E-state index contributed by atoms with van der Waals surface area (Å²) in [6.45, 7) is 2.50. The highest BCUT2D eigenvalue weighted by atomic mass is 35.5. The van der Waals surface area contributed by atoms with Crippen molar-refractivity contribution in [2.75, 3.05) is 12.4 Å². The number of hydrogen-bond donors (Lipinski definition) is 0. The molecule has 1 saturated carbocycles. The number of alkyl halides is 1. The van der Waals surface area contributed by atoms with Crippen molar-refractivity contribution in [3.63, 3.8) is 0 Å². The second-order valence-electron chi connectivity index (χ2n) is 4.76. The first kappa shape index (κ1) is 13.3. The molecule has 0 bridgehead atoms. The molecule has 1 heterocycles. The van der Waals surface area contributed by atoms with Gasteiger partial charge in [0.05, 0.1) is 5.56 Å². The van der Waals surface area contributed by atoms with E-state index in [-0.39, 0.29) is 5.91 Å². The minimum atomic E-state index is 0.0770. The van der Waals surface area contributed by atoms with Crippen LogP contribution in [-0.2, 0) is 0 Å². The van der Waals surface area contributed by atoms with Gasteiger partial charge in [-0.15, -0.1) is 11.6 Å². The van der Waals surface area contributed by atoms with Crippen LogP contribution in [0.4, 0.5) is 0 Å². The zero-order valence-corrected chi connectivity index (χ0v) is 11.5. The molecule has 1 aliphatic carbocycles. The third-order valence-electron chi connectivity index (χ3n) is 3.59. The lowest BCUT2D eigenvalue weighted by Crippen LogP contribution is -2.40. The highest BCUT2D eigenvalue weighted by Gasteiger charge is 2.27. The fraction of sp³-hybridized carbons (Fsp3) is 0.571. The van der Waals surface area contributed by atoms with Crippen LogP contribution in [0.2, 0.25) is 0 Å². The molecule has 18 heavy (non-hydrogen) atoms. The molecular formula is C14H19ClN2O. The van der Waals surface area contributed by atoms with E-state index >= 15 is 0 Å². The van der Waals surface area contributed by atoms with Gasteiger partial charge in [0.2, 0.25) is 0 Å². The number of carbonyl (C=O) groups is 1. The number of rotatable bonds is 4. The molecule has 2 rings (SSSR count). The molecule has 0 atom stereocenters. The first-order chi connectivity index (χ1) is 8.74. The van der Waals surface area contributed by atoms with Crippen LogP contribution in [0.25, 0.3) is 0 Å². The Balaban J connectivity index is 2.20. The van der Waals surface area contributed by atoms with Crippen molar-refractivity contribution in [1.29, 1.82) is 0 Å². The summed E-state index contributed by atoms with van der Waals surface area (Å²) < 4.78 is 0. The molecule has 1 amide bonds. The largest absolute Gasteiger partial charge is 0.334 e. The Labute approximate surface area is 113 Å².